The molecule has 63 heavy (non-hydrogen) atoms. The van der Waals surface area contributed by atoms with Gasteiger partial charge < -0.3 is 19.3 Å². The van der Waals surface area contributed by atoms with Gasteiger partial charge in [0.1, 0.15) is 0 Å². The van der Waals surface area contributed by atoms with Crippen LogP contribution in [0.4, 0.5) is 0 Å². The van der Waals surface area contributed by atoms with Gasteiger partial charge in [-0.1, -0.05) is 274 Å². The molecule has 0 saturated heterocycles. The molecule has 1 amide bonds. The lowest BCUT2D eigenvalue weighted by atomic mass is 10.0. The molecular formula is C56H117NO4Si2. The molecule has 5 nitrogen and oxygen atoms in total. The van der Waals surface area contributed by atoms with Crippen LogP contribution >= 0.6 is 0 Å². The van der Waals surface area contributed by atoms with E-state index in [2.05, 4.69) is 86.9 Å². The van der Waals surface area contributed by atoms with E-state index in [1.54, 1.807) is 0 Å². The first-order valence-electron chi connectivity index (χ1n) is 28.2. The summed E-state index contributed by atoms with van der Waals surface area (Å²) in [7, 11) is -4.52. The van der Waals surface area contributed by atoms with E-state index in [0.29, 0.717) is 12.8 Å². The molecule has 2 atom stereocenters. The van der Waals surface area contributed by atoms with Crippen LogP contribution in [-0.4, -0.2) is 46.1 Å². The summed E-state index contributed by atoms with van der Waals surface area (Å²) in [6, 6.07) is -0.377. The molecule has 0 radical (unpaired) electrons. The molecule has 7 heteroatoms. The Morgan fingerprint density at radius 2 is 0.698 bits per heavy atom. The molecule has 0 aromatic carbocycles. The van der Waals surface area contributed by atoms with Crippen LogP contribution in [0.5, 0.6) is 0 Å². The van der Waals surface area contributed by atoms with E-state index in [4.69, 9.17) is 8.85 Å². The summed E-state index contributed by atoms with van der Waals surface area (Å²) >= 11 is 0. The van der Waals surface area contributed by atoms with Gasteiger partial charge in [-0.25, -0.2) is 0 Å². The molecule has 0 fully saturated rings. The molecule has 0 bridgehead atoms. The normalized spacial score (nSPS) is 13.9. The number of aliphatic hydroxyl groups excluding tert-OH is 1. The third-order valence-electron chi connectivity index (χ3n) is 15.0. The molecule has 378 valence electrons. The highest BCUT2D eigenvalue weighted by Crippen LogP contribution is 2.42. The zero-order chi connectivity index (χ0) is 47.3. The smallest absolute Gasteiger partial charge is 0.220 e. The van der Waals surface area contributed by atoms with Gasteiger partial charge in [0.05, 0.1) is 12.1 Å². The van der Waals surface area contributed by atoms with Crippen molar-refractivity contribution in [2.45, 2.75) is 354 Å². The second-order valence-corrected chi connectivity index (χ2v) is 32.9. The number of carbonyl (C=O) groups is 1. The van der Waals surface area contributed by atoms with Crippen molar-refractivity contribution in [3.63, 3.8) is 0 Å². The Hall–Kier alpha value is -0.216. The quantitative estimate of drug-likeness (QED) is 0.0363. The van der Waals surface area contributed by atoms with Gasteiger partial charge in [0.15, 0.2) is 22.9 Å². The number of hydrogen-bond donors (Lipinski definition) is 2. The molecular weight excluding hydrogens is 807 g/mol. The summed E-state index contributed by atoms with van der Waals surface area (Å²) in [5.74, 6) is 0.0729. The summed E-state index contributed by atoms with van der Waals surface area (Å²) in [4.78, 5) is 13.7. The lowest BCUT2D eigenvalue weighted by molar-refractivity contribution is -0.126. The average Bonchev–Trinajstić information content (AvgIpc) is 3.20. The van der Waals surface area contributed by atoms with Gasteiger partial charge in [-0.05, 0) is 55.5 Å². The monoisotopic (exact) mass is 924 g/mol. The van der Waals surface area contributed by atoms with Crippen LogP contribution in [0.25, 0.3) is 0 Å². The Balaban J connectivity index is 4.76. The standard InChI is InChI=1S/C56H117NO4Si2/c1-13-15-17-19-21-23-25-27-28-29-30-31-32-33-34-35-36-37-39-41-43-45-47-49-53(59)57-52(50-51(58)48-46-44-42-40-38-26-24-22-20-18-16-14-2)54(60-62(9,10)55(3,4)5)61-63(11,12)56(6,7)8/h51-52,54,58H,13-50H2,1-12H3,(H,57,59). The third-order valence-corrected chi connectivity index (χ3v) is 23.9. The lowest BCUT2D eigenvalue weighted by Gasteiger charge is -2.46. The molecule has 0 aliphatic heterocycles. The van der Waals surface area contributed by atoms with Gasteiger partial charge in [0.2, 0.25) is 5.91 Å². The summed E-state index contributed by atoms with van der Waals surface area (Å²) in [5.41, 5.74) is 0. The number of aliphatic hydroxyl groups is 1. The zero-order valence-corrected chi connectivity index (χ0v) is 47.3. The highest BCUT2D eigenvalue weighted by atomic mass is 28.4. The van der Waals surface area contributed by atoms with Crippen LogP contribution in [0.3, 0.4) is 0 Å². The largest absolute Gasteiger partial charge is 0.393 e. The molecule has 0 aliphatic rings. The van der Waals surface area contributed by atoms with Gasteiger partial charge >= 0.3 is 0 Å². The zero-order valence-electron chi connectivity index (χ0n) is 45.3. The summed E-state index contributed by atoms with van der Waals surface area (Å²) in [6.45, 7) is 27.3. The first kappa shape index (κ1) is 62.8. The van der Waals surface area contributed by atoms with E-state index in [1.165, 1.54) is 199 Å². The highest BCUT2D eigenvalue weighted by Gasteiger charge is 2.46. The first-order chi connectivity index (χ1) is 29.9. The number of carbonyl (C=O) groups excluding carboxylic acids is 1. The Morgan fingerprint density at radius 1 is 0.444 bits per heavy atom. The SMILES string of the molecule is CCCCCCCCCCCCCCCCCCCCCCCCCC(=O)NC(CC(O)CCCCCCCCCCCCCC)C(O[Si](C)(C)C(C)(C)C)O[Si](C)(C)C(C)(C)C. The van der Waals surface area contributed by atoms with Crippen molar-refractivity contribution in [3.8, 4) is 0 Å². The Kier molecular flexibility index (Phi) is 38.6. The van der Waals surface area contributed by atoms with Crippen LogP contribution in [0, 0.1) is 0 Å². The summed E-state index contributed by atoms with van der Waals surface area (Å²) in [5, 5.41) is 14.9. The fraction of sp³-hybridized carbons (Fsp3) is 0.982. The molecule has 2 unspecified atom stereocenters. The molecule has 2 N–H and O–H groups in total. The van der Waals surface area contributed by atoms with Crippen LogP contribution < -0.4 is 5.32 Å². The Labute approximate surface area is 399 Å². The third kappa shape index (κ3) is 35.6. The predicted molar refractivity (Wildman–Crippen MR) is 285 cm³/mol. The van der Waals surface area contributed by atoms with Gasteiger partial charge in [0, 0.05) is 6.42 Å². The Bertz CT molecular complexity index is 994. The second-order valence-electron chi connectivity index (χ2n) is 23.4. The molecule has 0 rings (SSSR count). The minimum Gasteiger partial charge on any atom is -0.393 e. The Morgan fingerprint density at radius 3 is 0.968 bits per heavy atom. The van der Waals surface area contributed by atoms with Crippen LogP contribution in [-0.2, 0) is 13.6 Å². The minimum absolute atomic E-state index is 0.00396. The van der Waals surface area contributed by atoms with E-state index in [9.17, 15) is 9.90 Å². The predicted octanol–water partition coefficient (Wildman–Crippen LogP) is 19.1. The second kappa shape index (κ2) is 38.7. The van der Waals surface area contributed by atoms with Gasteiger partial charge in [-0.2, -0.15) is 0 Å². The van der Waals surface area contributed by atoms with Crippen molar-refractivity contribution >= 4 is 22.5 Å². The van der Waals surface area contributed by atoms with E-state index in [0.717, 1.165) is 32.1 Å². The van der Waals surface area contributed by atoms with Gasteiger partial charge in [-0.3, -0.25) is 4.79 Å². The number of amides is 1. The molecule has 0 aliphatic carbocycles. The number of hydrogen-bond acceptors (Lipinski definition) is 4. The number of nitrogens with one attached hydrogen (secondary N) is 1. The van der Waals surface area contributed by atoms with Crippen molar-refractivity contribution < 1.29 is 18.8 Å². The van der Waals surface area contributed by atoms with E-state index >= 15 is 0 Å². The lowest BCUT2D eigenvalue weighted by Crippen LogP contribution is -2.57. The van der Waals surface area contributed by atoms with Crippen molar-refractivity contribution in [2.75, 3.05) is 0 Å². The first-order valence-corrected chi connectivity index (χ1v) is 34.0. The van der Waals surface area contributed by atoms with Crippen molar-refractivity contribution in [3.05, 3.63) is 0 Å². The van der Waals surface area contributed by atoms with E-state index < -0.39 is 29.0 Å². The maximum Gasteiger partial charge on any atom is 0.220 e. The molecule has 0 spiro atoms. The summed E-state index contributed by atoms with van der Waals surface area (Å²) < 4.78 is 14.2. The molecule has 0 aromatic rings. The van der Waals surface area contributed by atoms with E-state index in [1.807, 2.05) is 0 Å². The van der Waals surface area contributed by atoms with Crippen LogP contribution in [0.2, 0.25) is 36.3 Å². The minimum atomic E-state index is -2.26. The topological polar surface area (TPSA) is 67.8 Å². The van der Waals surface area contributed by atoms with Crippen molar-refractivity contribution in [1.29, 1.82) is 0 Å². The molecule has 0 aromatic heterocycles. The number of rotatable bonds is 45. The van der Waals surface area contributed by atoms with Crippen LogP contribution in [0.1, 0.15) is 299 Å². The van der Waals surface area contributed by atoms with Crippen molar-refractivity contribution in [1.82, 2.24) is 5.32 Å². The summed E-state index contributed by atoms with van der Waals surface area (Å²) in [6.07, 6.45) is 47.9. The highest BCUT2D eigenvalue weighted by molar-refractivity contribution is 6.75. The maximum absolute atomic E-state index is 13.7. The maximum atomic E-state index is 13.7. The average molecular weight is 925 g/mol. The van der Waals surface area contributed by atoms with Gasteiger partial charge in [-0.15, -0.1) is 0 Å². The van der Waals surface area contributed by atoms with Crippen LogP contribution in [0.15, 0.2) is 0 Å². The fourth-order valence-corrected chi connectivity index (χ4v) is 10.7. The molecule has 0 heterocycles. The fourth-order valence-electron chi connectivity index (χ4n) is 8.34. The van der Waals surface area contributed by atoms with E-state index in [-0.39, 0.29) is 22.0 Å². The van der Waals surface area contributed by atoms with Gasteiger partial charge in [0.25, 0.3) is 0 Å². The molecule has 0 saturated carbocycles. The van der Waals surface area contributed by atoms with Crippen molar-refractivity contribution in [2.24, 2.45) is 0 Å². The number of unbranched alkanes of at least 4 members (excludes halogenated alkanes) is 33.